The Hall–Kier alpha value is -2.08. The van der Waals surface area contributed by atoms with Gasteiger partial charge in [-0.25, -0.2) is 4.79 Å². The van der Waals surface area contributed by atoms with Crippen LogP contribution in [0.1, 0.15) is 19.3 Å². The first-order chi connectivity index (χ1) is 11.1. The van der Waals surface area contributed by atoms with E-state index in [0.717, 1.165) is 12.8 Å². The van der Waals surface area contributed by atoms with Crippen molar-refractivity contribution in [3.63, 3.8) is 0 Å². The number of carbonyl (C=O) groups is 3. The monoisotopic (exact) mass is 333 g/mol. The fourth-order valence-corrected chi connectivity index (χ4v) is 3.98. The fourth-order valence-electron chi connectivity index (χ4n) is 3.75. The van der Waals surface area contributed by atoms with Gasteiger partial charge in [0, 0.05) is 19.5 Å². The molecule has 6 nitrogen and oxygen atoms in total. The van der Waals surface area contributed by atoms with E-state index < -0.39 is 6.04 Å². The highest BCUT2D eigenvalue weighted by molar-refractivity contribution is 6.33. The zero-order valence-electron chi connectivity index (χ0n) is 12.4. The summed E-state index contributed by atoms with van der Waals surface area (Å²) in [4.78, 5) is 41.8. The third-order valence-corrected chi connectivity index (χ3v) is 5.16. The third kappa shape index (κ3) is 2.12. The van der Waals surface area contributed by atoms with Crippen LogP contribution in [0.3, 0.4) is 0 Å². The predicted molar refractivity (Wildman–Crippen MR) is 84.2 cm³/mol. The lowest BCUT2D eigenvalue weighted by atomic mass is 10.2. The zero-order valence-corrected chi connectivity index (χ0v) is 13.2. The van der Waals surface area contributed by atoms with Gasteiger partial charge in [-0.05, 0) is 25.0 Å². The summed E-state index contributed by atoms with van der Waals surface area (Å²) in [7, 11) is 0. The molecule has 3 saturated heterocycles. The van der Waals surface area contributed by atoms with Crippen molar-refractivity contribution < 1.29 is 14.4 Å². The molecular formula is C16H16ClN3O3. The topological polar surface area (TPSA) is 60.9 Å². The van der Waals surface area contributed by atoms with Crippen LogP contribution >= 0.6 is 11.6 Å². The molecule has 0 radical (unpaired) electrons. The summed E-state index contributed by atoms with van der Waals surface area (Å²) in [6.45, 7) is 0.932. The van der Waals surface area contributed by atoms with E-state index in [-0.39, 0.29) is 30.3 Å². The molecule has 2 atom stereocenters. The molecule has 3 aliphatic rings. The first-order valence-electron chi connectivity index (χ1n) is 7.76. The number of halogens is 1. The maximum Gasteiger partial charge on any atom is 0.327 e. The van der Waals surface area contributed by atoms with Gasteiger partial charge in [-0.2, -0.15) is 0 Å². The number of urea groups is 1. The van der Waals surface area contributed by atoms with Crippen molar-refractivity contribution in [2.75, 3.05) is 18.0 Å². The van der Waals surface area contributed by atoms with Gasteiger partial charge in [-0.1, -0.05) is 23.7 Å². The molecule has 3 heterocycles. The van der Waals surface area contributed by atoms with Crippen LogP contribution in [0.25, 0.3) is 0 Å². The molecule has 23 heavy (non-hydrogen) atoms. The molecule has 3 aliphatic heterocycles. The van der Waals surface area contributed by atoms with Gasteiger partial charge in [-0.15, -0.1) is 0 Å². The number of carbonyl (C=O) groups excluding carboxylic acids is 3. The molecule has 120 valence electrons. The van der Waals surface area contributed by atoms with Crippen molar-refractivity contribution in [2.45, 2.75) is 31.3 Å². The Bertz CT molecular complexity index is 686. The highest BCUT2D eigenvalue weighted by atomic mass is 35.5. The number of amides is 4. The summed E-state index contributed by atoms with van der Waals surface area (Å²) in [5, 5.41) is 0.487. The first-order valence-corrected chi connectivity index (χ1v) is 8.14. The number of imide groups is 1. The Morgan fingerprint density at radius 1 is 1.13 bits per heavy atom. The normalized spacial score (nSPS) is 27.3. The molecule has 0 aromatic heterocycles. The lowest BCUT2D eigenvalue weighted by molar-refractivity contribution is -0.129. The number of anilines is 1. The molecular weight excluding hydrogens is 318 g/mol. The average Bonchev–Trinajstić information content (AvgIpc) is 3.19. The van der Waals surface area contributed by atoms with E-state index in [2.05, 4.69) is 0 Å². The number of nitrogens with zero attached hydrogens (tertiary/aromatic N) is 3. The molecule has 3 fully saturated rings. The maximum atomic E-state index is 12.5. The largest absolute Gasteiger partial charge is 0.327 e. The van der Waals surface area contributed by atoms with Gasteiger partial charge in [0.05, 0.1) is 16.8 Å². The molecule has 0 N–H and O–H groups in total. The Kier molecular flexibility index (Phi) is 3.30. The molecule has 0 bridgehead atoms. The van der Waals surface area contributed by atoms with Gasteiger partial charge in [0.25, 0.3) is 5.91 Å². The Morgan fingerprint density at radius 2 is 1.91 bits per heavy atom. The van der Waals surface area contributed by atoms with Crippen LogP contribution in [0, 0.1) is 0 Å². The van der Waals surface area contributed by atoms with Crippen LogP contribution in [0.15, 0.2) is 24.3 Å². The summed E-state index contributed by atoms with van der Waals surface area (Å²) in [5.41, 5.74) is 0.626. The molecule has 4 amide bonds. The van der Waals surface area contributed by atoms with Crippen LogP contribution in [0.2, 0.25) is 5.02 Å². The fraction of sp³-hybridized carbons (Fsp3) is 0.438. The highest BCUT2D eigenvalue weighted by Gasteiger charge is 2.52. The van der Waals surface area contributed by atoms with Crippen LogP contribution in [-0.4, -0.2) is 52.8 Å². The maximum absolute atomic E-state index is 12.5. The van der Waals surface area contributed by atoms with Crippen molar-refractivity contribution in [3.8, 4) is 0 Å². The molecule has 0 spiro atoms. The Labute approximate surface area is 138 Å². The first kappa shape index (κ1) is 14.5. The highest BCUT2D eigenvalue weighted by Crippen LogP contribution is 2.34. The average molecular weight is 334 g/mol. The lowest BCUT2D eigenvalue weighted by Crippen LogP contribution is -2.43. The molecule has 1 aromatic rings. The summed E-state index contributed by atoms with van der Waals surface area (Å²) < 4.78 is 0. The number of fused-ring (bicyclic) bond motifs is 1. The SMILES string of the molecule is O=C1CC(N2C(=O)C3CCCN3C2=O)CN1c1ccccc1Cl. The van der Waals surface area contributed by atoms with Crippen LogP contribution in [-0.2, 0) is 9.59 Å². The van der Waals surface area contributed by atoms with Crippen molar-refractivity contribution in [1.82, 2.24) is 9.80 Å². The molecule has 2 unspecified atom stereocenters. The van der Waals surface area contributed by atoms with E-state index in [1.54, 1.807) is 28.0 Å². The van der Waals surface area contributed by atoms with Gasteiger partial charge in [-0.3, -0.25) is 14.5 Å². The van der Waals surface area contributed by atoms with E-state index in [4.69, 9.17) is 11.6 Å². The van der Waals surface area contributed by atoms with Crippen LogP contribution in [0.4, 0.5) is 10.5 Å². The van der Waals surface area contributed by atoms with Crippen LogP contribution < -0.4 is 4.90 Å². The van der Waals surface area contributed by atoms with E-state index in [9.17, 15) is 14.4 Å². The number of para-hydroxylation sites is 1. The molecule has 0 aliphatic carbocycles. The van der Waals surface area contributed by atoms with Crippen molar-refractivity contribution >= 4 is 35.1 Å². The quantitative estimate of drug-likeness (QED) is 0.776. The summed E-state index contributed by atoms with van der Waals surface area (Å²) in [6.07, 6.45) is 1.74. The second-order valence-corrected chi connectivity index (χ2v) is 6.56. The van der Waals surface area contributed by atoms with Crippen LogP contribution in [0.5, 0.6) is 0 Å². The summed E-state index contributed by atoms with van der Waals surface area (Å²) >= 11 is 6.16. The number of rotatable bonds is 2. The lowest BCUT2D eigenvalue weighted by Gasteiger charge is -2.23. The predicted octanol–water partition coefficient (Wildman–Crippen LogP) is 1.87. The van der Waals surface area contributed by atoms with E-state index in [0.29, 0.717) is 23.8 Å². The van der Waals surface area contributed by atoms with Gasteiger partial charge < -0.3 is 9.80 Å². The molecule has 0 saturated carbocycles. The van der Waals surface area contributed by atoms with E-state index >= 15 is 0 Å². The van der Waals surface area contributed by atoms with Gasteiger partial charge in [0.15, 0.2) is 0 Å². The Balaban J connectivity index is 1.58. The minimum absolute atomic E-state index is 0.115. The molecule has 1 aromatic carbocycles. The van der Waals surface area contributed by atoms with Gasteiger partial charge >= 0.3 is 6.03 Å². The minimum atomic E-state index is -0.413. The van der Waals surface area contributed by atoms with Gasteiger partial charge in [0.2, 0.25) is 5.91 Å². The number of hydrogen-bond donors (Lipinski definition) is 0. The number of hydrogen-bond acceptors (Lipinski definition) is 3. The zero-order chi connectivity index (χ0) is 16.1. The van der Waals surface area contributed by atoms with E-state index in [1.807, 2.05) is 6.07 Å². The smallest absolute Gasteiger partial charge is 0.312 e. The second kappa shape index (κ2) is 5.23. The van der Waals surface area contributed by atoms with Crippen molar-refractivity contribution in [1.29, 1.82) is 0 Å². The summed E-state index contributed by atoms with van der Waals surface area (Å²) in [6, 6.07) is 6.11. The van der Waals surface area contributed by atoms with Gasteiger partial charge in [0.1, 0.15) is 6.04 Å². The third-order valence-electron chi connectivity index (χ3n) is 4.84. The number of benzene rings is 1. The molecule has 4 rings (SSSR count). The van der Waals surface area contributed by atoms with Crippen molar-refractivity contribution in [3.05, 3.63) is 29.3 Å². The standard InChI is InChI=1S/C16H16ClN3O3/c17-11-4-1-2-5-12(11)19-9-10(8-14(19)21)20-15(22)13-6-3-7-18(13)16(20)23/h1-2,4-5,10,13H,3,6-9H2. The summed E-state index contributed by atoms with van der Waals surface area (Å²) in [5.74, 6) is -0.276. The Morgan fingerprint density at radius 3 is 2.65 bits per heavy atom. The van der Waals surface area contributed by atoms with E-state index in [1.165, 1.54) is 4.90 Å². The second-order valence-electron chi connectivity index (χ2n) is 6.16. The minimum Gasteiger partial charge on any atom is -0.312 e. The molecule has 7 heteroatoms. The van der Waals surface area contributed by atoms with Crippen molar-refractivity contribution in [2.24, 2.45) is 0 Å².